The van der Waals surface area contributed by atoms with Crippen LogP contribution in [0.4, 0.5) is 4.79 Å². The summed E-state index contributed by atoms with van der Waals surface area (Å²) in [4.78, 5) is 32.9. The highest BCUT2D eigenvalue weighted by molar-refractivity contribution is 7.91. The van der Waals surface area contributed by atoms with Gasteiger partial charge in [0.1, 0.15) is 0 Å². The molecule has 0 radical (unpaired) electrons. The lowest BCUT2D eigenvalue weighted by molar-refractivity contribution is 0.0461. The number of amides is 3. The summed E-state index contributed by atoms with van der Waals surface area (Å²) < 4.78 is 29.5. The van der Waals surface area contributed by atoms with E-state index in [2.05, 4.69) is 15.5 Å². The van der Waals surface area contributed by atoms with Crippen molar-refractivity contribution in [2.75, 3.05) is 45.7 Å². The van der Waals surface area contributed by atoms with E-state index >= 15 is 0 Å². The summed E-state index contributed by atoms with van der Waals surface area (Å²) in [5.74, 6) is -0.367. The van der Waals surface area contributed by atoms with E-state index in [9.17, 15) is 18.0 Å². The Bertz CT molecular complexity index is 807. The molecule has 1 aromatic rings. The van der Waals surface area contributed by atoms with E-state index in [1.807, 2.05) is 4.90 Å². The molecule has 0 spiro atoms. The second-order valence-electron chi connectivity index (χ2n) is 6.64. The van der Waals surface area contributed by atoms with Crippen LogP contribution in [0.15, 0.2) is 4.52 Å². The quantitative estimate of drug-likeness (QED) is 0.657. The predicted octanol–water partition coefficient (Wildman–Crippen LogP) is -1.61. The zero-order chi connectivity index (χ0) is 19.1. The Labute approximate surface area is 151 Å². The van der Waals surface area contributed by atoms with Gasteiger partial charge in [0, 0.05) is 40.3 Å². The summed E-state index contributed by atoms with van der Waals surface area (Å²) in [5, 5.41) is 6.03. The first-order valence-electron chi connectivity index (χ1n) is 8.19. The van der Waals surface area contributed by atoms with Crippen LogP contribution in [0.1, 0.15) is 16.5 Å². The lowest BCUT2D eigenvalue weighted by Crippen LogP contribution is -2.61. The zero-order valence-corrected chi connectivity index (χ0v) is 15.7. The van der Waals surface area contributed by atoms with Crippen molar-refractivity contribution in [3.05, 3.63) is 11.7 Å². The highest BCUT2D eigenvalue weighted by atomic mass is 32.2. The minimum atomic E-state index is -3.24. The van der Waals surface area contributed by atoms with Gasteiger partial charge in [-0.2, -0.15) is 4.98 Å². The topological polar surface area (TPSA) is 129 Å². The Morgan fingerprint density at radius 2 is 1.96 bits per heavy atom. The minimum Gasteiger partial charge on any atom is -0.352 e. The highest BCUT2D eigenvalue weighted by Crippen LogP contribution is 2.28. The van der Waals surface area contributed by atoms with Gasteiger partial charge in [0.05, 0.1) is 24.1 Å². The van der Waals surface area contributed by atoms with Crippen LogP contribution in [-0.4, -0.2) is 103 Å². The van der Waals surface area contributed by atoms with Crippen LogP contribution in [0.25, 0.3) is 0 Å². The summed E-state index contributed by atoms with van der Waals surface area (Å²) in [6, 6.07) is -0.950. The molecule has 2 aliphatic heterocycles. The zero-order valence-electron chi connectivity index (χ0n) is 14.9. The van der Waals surface area contributed by atoms with E-state index in [0.717, 1.165) is 0 Å². The molecule has 2 aliphatic rings. The number of rotatable bonds is 3. The first-order chi connectivity index (χ1) is 12.2. The van der Waals surface area contributed by atoms with Crippen LogP contribution in [0.5, 0.6) is 0 Å². The second-order valence-corrected chi connectivity index (χ2v) is 8.80. The van der Waals surface area contributed by atoms with Crippen molar-refractivity contribution in [1.29, 1.82) is 0 Å². The van der Waals surface area contributed by atoms with E-state index in [1.165, 1.54) is 11.9 Å². The molecule has 0 saturated carbocycles. The Morgan fingerprint density at radius 3 is 2.62 bits per heavy atom. The van der Waals surface area contributed by atoms with Gasteiger partial charge in [-0.25, -0.2) is 13.2 Å². The molecule has 1 N–H and O–H groups in total. The van der Waals surface area contributed by atoms with Gasteiger partial charge in [0.2, 0.25) is 5.89 Å². The molecule has 2 atom stereocenters. The van der Waals surface area contributed by atoms with Crippen LogP contribution in [-0.2, 0) is 16.4 Å². The molecule has 12 heteroatoms. The fraction of sp³-hybridized carbons (Fsp3) is 0.714. The standard InChI is InChI=1S/C14H22N6O5S/c1-15-13(21)12-16-11(25-17-12)6-19-4-5-20(14(22)18(2)3)10-8-26(23,24)7-9(10)19/h9-10H,4-8H2,1-3H3,(H,15,21)/t9-,10+/m1/s1. The van der Waals surface area contributed by atoms with Crippen LogP contribution in [0.3, 0.4) is 0 Å². The van der Waals surface area contributed by atoms with Crippen LogP contribution >= 0.6 is 0 Å². The van der Waals surface area contributed by atoms with Crippen molar-refractivity contribution in [3.8, 4) is 0 Å². The molecular formula is C14H22N6O5S. The van der Waals surface area contributed by atoms with Crippen molar-refractivity contribution in [1.82, 2.24) is 30.2 Å². The molecule has 0 unspecified atom stereocenters. The van der Waals surface area contributed by atoms with Crippen molar-refractivity contribution in [3.63, 3.8) is 0 Å². The van der Waals surface area contributed by atoms with E-state index in [0.29, 0.717) is 13.1 Å². The van der Waals surface area contributed by atoms with Gasteiger partial charge < -0.3 is 19.6 Å². The molecule has 3 rings (SSSR count). The molecule has 0 bridgehead atoms. The van der Waals surface area contributed by atoms with Gasteiger partial charge in [-0.1, -0.05) is 5.16 Å². The van der Waals surface area contributed by atoms with Gasteiger partial charge in [0.15, 0.2) is 9.84 Å². The van der Waals surface area contributed by atoms with Gasteiger partial charge >= 0.3 is 6.03 Å². The molecule has 26 heavy (non-hydrogen) atoms. The number of fused-ring (bicyclic) bond motifs is 1. The van der Waals surface area contributed by atoms with Gasteiger partial charge in [-0.15, -0.1) is 0 Å². The summed E-state index contributed by atoms with van der Waals surface area (Å²) >= 11 is 0. The van der Waals surface area contributed by atoms with Crippen LogP contribution in [0.2, 0.25) is 0 Å². The smallest absolute Gasteiger partial charge is 0.319 e. The van der Waals surface area contributed by atoms with E-state index < -0.39 is 21.8 Å². The number of hydrogen-bond acceptors (Lipinski definition) is 8. The summed E-state index contributed by atoms with van der Waals surface area (Å²) in [6.45, 7) is 1.11. The maximum absolute atomic E-state index is 12.4. The first kappa shape index (κ1) is 18.6. The third-order valence-electron chi connectivity index (χ3n) is 4.66. The Morgan fingerprint density at radius 1 is 1.27 bits per heavy atom. The third kappa shape index (κ3) is 3.51. The lowest BCUT2D eigenvalue weighted by Gasteiger charge is -2.44. The fourth-order valence-corrected chi connectivity index (χ4v) is 5.42. The molecule has 2 fully saturated rings. The largest absolute Gasteiger partial charge is 0.352 e. The van der Waals surface area contributed by atoms with Crippen LogP contribution < -0.4 is 5.32 Å². The SMILES string of the molecule is CNC(=O)c1noc(CN2CCN(C(=O)N(C)C)[C@H]3CS(=O)(=O)C[C@H]32)n1. The van der Waals surface area contributed by atoms with Crippen LogP contribution in [0, 0.1) is 0 Å². The fourth-order valence-electron chi connectivity index (χ4n) is 3.41. The lowest BCUT2D eigenvalue weighted by atomic mass is 10.1. The van der Waals surface area contributed by atoms with Crippen molar-refractivity contribution in [2.24, 2.45) is 0 Å². The normalized spacial score (nSPS) is 25.0. The van der Waals surface area contributed by atoms with Gasteiger partial charge in [0.25, 0.3) is 11.7 Å². The van der Waals surface area contributed by atoms with Crippen molar-refractivity contribution >= 4 is 21.8 Å². The Hall–Kier alpha value is -2.21. The van der Waals surface area contributed by atoms with E-state index in [-0.39, 0.29) is 41.8 Å². The minimum absolute atomic E-state index is 0.0225. The average Bonchev–Trinajstić information content (AvgIpc) is 3.17. The van der Waals surface area contributed by atoms with E-state index in [4.69, 9.17) is 4.52 Å². The van der Waals surface area contributed by atoms with E-state index in [1.54, 1.807) is 19.0 Å². The predicted molar refractivity (Wildman–Crippen MR) is 90.1 cm³/mol. The summed E-state index contributed by atoms with van der Waals surface area (Å²) in [5.41, 5.74) is 0. The number of aromatic nitrogens is 2. The highest BCUT2D eigenvalue weighted by Gasteiger charge is 2.48. The number of sulfone groups is 1. The molecule has 3 heterocycles. The molecular weight excluding hydrogens is 364 g/mol. The maximum atomic E-state index is 12.4. The first-order valence-corrected chi connectivity index (χ1v) is 10.0. The third-order valence-corrected chi connectivity index (χ3v) is 6.35. The molecule has 11 nitrogen and oxygen atoms in total. The Kier molecular flexibility index (Phi) is 4.88. The number of carbonyl (C=O) groups excluding carboxylic acids is 2. The molecule has 0 aliphatic carbocycles. The molecule has 2 saturated heterocycles. The molecule has 1 aromatic heterocycles. The summed E-state index contributed by atoms with van der Waals surface area (Å²) in [7, 11) is 1.51. The number of hydrogen-bond donors (Lipinski definition) is 1. The van der Waals surface area contributed by atoms with Gasteiger partial charge in [-0.05, 0) is 0 Å². The van der Waals surface area contributed by atoms with Gasteiger partial charge in [-0.3, -0.25) is 9.69 Å². The second kappa shape index (κ2) is 6.83. The molecule has 3 amide bonds. The number of urea groups is 1. The van der Waals surface area contributed by atoms with Crippen molar-refractivity contribution in [2.45, 2.75) is 18.6 Å². The summed E-state index contributed by atoms with van der Waals surface area (Å²) in [6.07, 6.45) is 0. The number of nitrogens with zero attached hydrogens (tertiary/aromatic N) is 5. The molecule has 0 aromatic carbocycles. The van der Waals surface area contributed by atoms with Crippen molar-refractivity contribution < 1.29 is 22.5 Å². The average molecular weight is 386 g/mol. The number of nitrogens with one attached hydrogen (secondary N) is 1. The number of carbonyl (C=O) groups is 2. The monoisotopic (exact) mass is 386 g/mol. The molecule has 144 valence electrons. The number of piperazine rings is 1. The Balaban J connectivity index is 1.79. The maximum Gasteiger partial charge on any atom is 0.319 e.